The Balaban J connectivity index is 3.07. The molecule has 0 bridgehead atoms. The van der Waals surface area contributed by atoms with Crippen molar-refractivity contribution in [1.82, 2.24) is 0 Å². The van der Waals surface area contributed by atoms with Crippen LogP contribution in [0, 0.1) is 11.6 Å². The monoisotopic (exact) mass is 203 g/mol. The highest BCUT2D eigenvalue weighted by Crippen LogP contribution is 2.19. The Kier molecular flexibility index (Phi) is 3.12. The van der Waals surface area contributed by atoms with Crippen LogP contribution in [-0.2, 0) is 11.3 Å². The lowest BCUT2D eigenvalue weighted by molar-refractivity contribution is 0.559. The molecule has 0 unspecified atom stereocenters. The van der Waals surface area contributed by atoms with Gasteiger partial charge in [0.25, 0.3) is 0 Å². The van der Waals surface area contributed by atoms with Gasteiger partial charge in [-0.3, -0.25) is 0 Å². The van der Waals surface area contributed by atoms with Gasteiger partial charge in [0.1, 0.15) is 11.6 Å². The van der Waals surface area contributed by atoms with Gasteiger partial charge in [-0.05, 0) is 6.07 Å². The summed E-state index contributed by atoms with van der Waals surface area (Å²) >= 11 is 5.38. The van der Waals surface area contributed by atoms with Gasteiger partial charge in [0.15, 0.2) is 0 Å². The van der Waals surface area contributed by atoms with Crippen molar-refractivity contribution in [3.05, 3.63) is 34.4 Å². The molecule has 0 aromatic heterocycles. The fourth-order valence-corrected chi connectivity index (χ4v) is 0.989. The second kappa shape index (κ2) is 4.12. The van der Waals surface area contributed by atoms with Crippen molar-refractivity contribution in [2.45, 2.75) is 6.54 Å². The maximum Gasteiger partial charge on any atom is 0.235 e. The summed E-state index contributed by atoms with van der Waals surface area (Å²) in [4.78, 5) is 12.9. The van der Waals surface area contributed by atoms with Crippen molar-refractivity contribution in [2.24, 2.45) is 4.99 Å². The van der Waals surface area contributed by atoms with Crippen LogP contribution >= 0.6 is 11.6 Å². The molecule has 0 saturated carbocycles. The molecule has 0 saturated heterocycles. The minimum atomic E-state index is -0.835. The van der Waals surface area contributed by atoms with Gasteiger partial charge in [-0.2, -0.15) is 0 Å². The van der Waals surface area contributed by atoms with Crippen LogP contribution in [0.4, 0.5) is 8.78 Å². The van der Waals surface area contributed by atoms with Gasteiger partial charge in [-0.1, -0.05) is 11.6 Å². The predicted octanol–water partition coefficient (Wildman–Crippen LogP) is 2.45. The Labute approximate surface area is 77.9 Å². The first-order valence-corrected chi connectivity index (χ1v) is 3.70. The number of isocyanates is 1. The Morgan fingerprint density at radius 1 is 1.38 bits per heavy atom. The highest BCUT2D eigenvalue weighted by atomic mass is 35.5. The second-order valence-electron chi connectivity index (χ2n) is 2.27. The van der Waals surface area contributed by atoms with Crippen molar-refractivity contribution in [1.29, 1.82) is 0 Å². The average Bonchev–Trinajstić information content (AvgIpc) is 2.09. The molecule has 0 amide bonds. The quantitative estimate of drug-likeness (QED) is 0.412. The zero-order chi connectivity index (χ0) is 9.84. The van der Waals surface area contributed by atoms with Gasteiger partial charge in [0.2, 0.25) is 6.08 Å². The van der Waals surface area contributed by atoms with Gasteiger partial charge in [0, 0.05) is 11.6 Å². The van der Waals surface area contributed by atoms with E-state index in [1.165, 1.54) is 6.08 Å². The van der Waals surface area contributed by atoms with Crippen molar-refractivity contribution >= 4 is 17.7 Å². The third kappa shape index (κ3) is 2.34. The van der Waals surface area contributed by atoms with E-state index in [0.29, 0.717) is 6.07 Å². The molecular weight excluding hydrogens is 200 g/mol. The Morgan fingerprint density at radius 2 is 2.08 bits per heavy atom. The van der Waals surface area contributed by atoms with Gasteiger partial charge in [0.05, 0.1) is 11.6 Å². The minimum Gasteiger partial charge on any atom is -0.211 e. The predicted molar refractivity (Wildman–Crippen MR) is 43.2 cm³/mol. The molecule has 2 nitrogen and oxygen atoms in total. The molecule has 1 aromatic rings. The lowest BCUT2D eigenvalue weighted by Crippen LogP contribution is -1.90. The number of hydrogen-bond donors (Lipinski definition) is 0. The van der Waals surface area contributed by atoms with Crippen molar-refractivity contribution in [3.63, 3.8) is 0 Å². The highest BCUT2D eigenvalue weighted by Gasteiger charge is 2.07. The zero-order valence-corrected chi connectivity index (χ0v) is 7.11. The van der Waals surface area contributed by atoms with Crippen LogP contribution < -0.4 is 0 Å². The molecule has 68 valence electrons. The van der Waals surface area contributed by atoms with Gasteiger partial charge in [-0.15, -0.1) is 0 Å². The molecule has 0 atom stereocenters. The molecule has 0 aliphatic carbocycles. The van der Waals surface area contributed by atoms with Crippen molar-refractivity contribution in [2.75, 3.05) is 0 Å². The van der Waals surface area contributed by atoms with E-state index in [4.69, 9.17) is 11.6 Å². The molecule has 0 radical (unpaired) electrons. The second-order valence-corrected chi connectivity index (χ2v) is 2.67. The summed E-state index contributed by atoms with van der Waals surface area (Å²) in [7, 11) is 0. The molecule has 0 fully saturated rings. The number of hydrogen-bond acceptors (Lipinski definition) is 2. The zero-order valence-electron chi connectivity index (χ0n) is 6.35. The Morgan fingerprint density at radius 3 is 2.69 bits per heavy atom. The number of carbonyl (C=O) groups excluding carboxylic acids is 1. The SMILES string of the molecule is O=C=NCc1cc(Cl)c(F)cc1F. The minimum absolute atomic E-state index is 0.0646. The standard InChI is InChI=1S/C8H4ClF2NO/c9-6-1-5(3-12-4-13)7(10)2-8(6)11/h1-2H,3H2. The molecule has 1 rings (SSSR count). The van der Waals surface area contributed by atoms with E-state index in [9.17, 15) is 13.6 Å². The topological polar surface area (TPSA) is 29.4 Å². The maximum absolute atomic E-state index is 12.9. The fourth-order valence-electron chi connectivity index (χ4n) is 0.802. The first kappa shape index (κ1) is 9.84. The third-order valence-corrected chi connectivity index (χ3v) is 1.69. The molecule has 0 N–H and O–H groups in total. The Bertz CT molecular complexity index is 375. The van der Waals surface area contributed by atoms with Crippen LogP contribution in [0.25, 0.3) is 0 Å². The van der Waals surface area contributed by atoms with Gasteiger partial charge >= 0.3 is 0 Å². The number of nitrogens with zero attached hydrogens (tertiary/aromatic N) is 1. The maximum atomic E-state index is 12.9. The summed E-state index contributed by atoms with van der Waals surface area (Å²) in [5.74, 6) is -1.61. The van der Waals surface area contributed by atoms with E-state index < -0.39 is 11.6 Å². The number of rotatable bonds is 2. The first-order chi connectivity index (χ1) is 6.15. The smallest absolute Gasteiger partial charge is 0.211 e. The van der Waals surface area contributed by atoms with Crippen LogP contribution in [-0.4, -0.2) is 6.08 Å². The van der Waals surface area contributed by atoms with Crippen molar-refractivity contribution in [3.8, 4) is 0 Å². The summed E-state index contributed by atoms with van der Waals surface area (Å²) < 4.78 is 25.5. The largest absolute Gasteiger partial charge is 0.235 e. The van der Waals surface area contributed by atoms with Crippen LogP contribution in [0.1, 0.15) is 5.56 Å². The summed E-state index contributed by atoms with van der Waals surface area (Å²) in [6, 6.07) is 1.74. The van der Waals surface area contributed by atoms with E-state index in [1.54, 1.807) is 0 Å². The summed E-state index contributed by atoms with van der Waals surface area (Å²) in [6.07, 6.45) is 1.25. The molecule has 1 aromatic carbocycles. The molecule has 0 aliphatic heterocycles. The van der Waals surface area contributed by atoms with Crippen LogP contribution in [0.5, 0.6) is 0 Å². The van der Waals surface area contributed by atoms with Crippen LogP contribution in [0.2, 0.25) is 5.02 Å². The third-order valence-electron chi connectivity index (χ3n) is 1.40. The summed E-state index contributed by atoms with van der Waals surface area (Å²) in [5.41, 5.74) is 0.0646. The molecule has 0 aliphatic rings. The summed E-state index contributed by atoms with van der Waals surface area (Å²) in [5, 5.41) is -0.197. The first-order valence-electron chi connectivity index (χ1n) is 3.32. The molecular formula is C8H4ClF2NO. The fraction of sp³-hybridized carbons (Fsp3) is 0.125. The van der Waals surface area contributed by atoms with Crippen LogP contribution in [0.3, 0.4) is 0 Å². The normalized spacial score (nSPS) is 9.46. The Hall–Kier alpha value is -1.25. The van der Waals surface area contributed by atoms with E-state index >= 15 is 0 Å². The van der Waals surface area contributed by atoms with Crippen LogP contribution in [0.15, 0.2) is 17.1 Å². The molecule has 0 spiro atoms. The summed E-state index contributed by atoms with van der Waals surface area (Å²) in [6.45, 7) is -0.185. The number of halogens is 3. The lowest BCUT2D eigenvalue weighted by atomic mass is 10.2. The van der Waals surface area contributed by atoms with E-state index in [2.05, 4.69) is 4.99 Å². The van der Waals surface area contributed by atoms with Gasteiger partial charge < -0.3 is 0 Å². The number of benzene rings is 1. The van der Waals surface area contributed by atoms with E-state index in [1.807, 2.05) is 0 Å². The van der Waals surface area contributed by atoms with Gasteiger partial charge in [-0.25, -0.2) is 18.6 Å². The molecule has 0 heterocycles. The lowest BCUT2D eigenvalue weighted by Gasteiger charge is -1.99. The van der Waals surface area contributed by atoms with E-state index in [0.717, 1.165) is 6.07 Å². The molecule has 5 heteroatoms. The molecule has 13 heavy (non-hydrogen) atoms. The van der Waals surface area contributed by atoms with Crippen molar-refractivity contribution < 1.29 is 13.6 Å². The highest BCUT2D eigenvalue weighted by molar-refractivity contribution is 6.30. The van der Waals surface area contributed by atoms with E-state index in [-0.39, 0.29) is 17.1 Å². The number of aliphatic imine (C=N–C) groups is 1. The average molecular weight is 204 g/mol.